The second-order valence-electron chi connectivity index (χ2n) is 0.513. The minimum atomic E-state index is -4.64. The van der Waals surface area contributed by atoms with E-state index < -0.39 is 7.82 Å². The molecule has 0 radical (unpaired) electrons. The molecule has 12 heteroatoms. The zero-order valence-corrected chi connectivity index (χ0v) is 7.66. The number of hydrogen-bond donors (Lipinski definition) is 3. The average Bonchev–Trinajstić information content (AvgIpc) is 0.722. The predicted molar refractivity (Wildman–Crippen MR) is 37.3 cm³/mol. The van der Waals surface area contributed by atoms with E-state index in [-0.39, 0.29) is 54.1 Å². The van der Waals surface area contributed by atoms with Gasteiger partial charge in [0, 0.05) is 0 Å². The molecule has 0 rings (SSSR count). The summed E-state index contributed by atoms with van der Waals surface area (Å²) >= 11 is 0. The Hall–Kier alpha value is 0.456. The van der Waals surface area contributed by atoms with Crippen molar-refractivity contribution in [3.8, 4) is 0 Å². The molecule has 0 aromatic heterocycles. The van der Waals surface area contributed by atoms with E-state index in [1.54, 1.807) is 0 Å². The van der Waals surface area contributed by atoms with Gasteiger partial charge in [0.2, 0.25) is 0 Å². The van der Waals surface area contributed by atoms with E-state index in [2.05, 4.69) is 0 Å². The quantitative estimate of drug-likeness (QED) is 0.314. The minimum absolute atomic E-state index is 0. The fourth-order valence-corrected chi connectivity index (χ4v) is 0. The fraction of sp³-hybridized carbons (Fsp3) is 0. The van der Waals surface area contributed by atoms with E-state index in [4.69, 9.17) is 19.2 Å². The first-order valence-electron chi connectivity index (χ1n) is 0.783. The van der Waals surface area contributed by atoms with Gasteiger partial charge in [-0.3, -0.25) is 28.2 Å². The molecule has 0 aromatic rings. The van der Waals surface area contributed by atoms with Gasteiger partial charge in [0.25, 0.3) is 0 Å². The van der Waals surface area contributed by atoms with Gasteiger partial charge >= 0.3 is 30.9 Å². The van der Waals surface area contributed by atoms with Crippen LogP contribution >= 0.6 is 7.82 Å². The Bertz CT molecular complexity index is 74.0. The molecule has 0 fully saturated rings. The van der Waals surface area contributed by atoms with Gasteiger partial charge in [-0.05, 0) is 0 Å². The number of phosphoric acid groups is 1. The van der Waals surface area contributed by atoms with E-state index in [0.29, 0.717) is 0 Å². The largest absolute Gasteiger partial charge is 2.00 e. The summed E-state index contributed by atoms with van der Waals surface area (Å²) in [4.78, 5) is 21.6. The van der Waals surface area contributed by atoms with E-state index in [9.17, 15) is 0 Å². The molecule has 3 N–H and O–H groups in total. The van der Waals surface area contributed by atoms with Gasteiger partial charge in [0.05, 0.1) is 0 Å². The third kappa shape index (κ3) is 4490. The van der Waals surface area contributed by atoms with Gasteiger partial charge in [-0.25, -0.2) is 4.57 Å². The van der Waals surface area contributed by atoms with Gasteiger partial charge in [-0.1, -0.05) is 0 Å². The Morgan fingerprint density at radius 1 is 0.750 bits per heavy atom. The maximum Gasteiger partial charge on any atom is 2.00 e. The molecule has 0 amide bonds. The molecule has 0 heterocycles. The van der Waals surface area contributed by atoms with Crippen LogP contribution < -0.4 is 0 Å². The first-order chi connectivity index (χ1) is 2.00. The zero-order chi connectivity index (χ0) is 4.50. The molecule has 4 nitrogen and oxygen atoms in total. The van der Waals surface area contributed by atoms with Crippen molar-refractivity contribution in [3.63, 3.8) is 0 Å². The average molecular weight is 244 g/mol. The van der Waals surface area contributed by atoms with Gasteiger partial charge < -0.3 is 17.5 Å². The zero-order valence-electron chi connectivity index (χ0n) is 7.35. The first kappa shape index (κ1) is 82.3. The molecule has 0 bridgehead atoms. The molecule has 0 spiro atoms. The third-order valence-corrected chi connectivity index (χ3v) is 0. The van der Waals surface area contributed by atoms with Crippen molar-refractivity contribution in [2.45, 2.75) is 0 Å². The maximum atomic E-state index is 8.88. The van der Waals surface area contributed by atoms with Crippen molar-refractivity contribution in [2.75, 3.05) is 0 Å². The molecule has 12 heavy (non-hydrogen) atoms. The van der Waals surface area contributed by atoms with Crippen LogP contribution in [0.25, 0.3) is 0 Å². The molecule has 0 atom stereocenters. The summed E-state index contributed by atoms with van der Waals surface area (Å²) in [5.74, 6) is 0. The Balaban J connectivity index is -0.00000000222. The van der Waals surface area contributed by atoms with Crippen LogP contribution in [0.3, 0.4) is 0 Å². The standard InChI is InChI=1S/6FH.Mg.H3O4P.2H/c;;;;;;;1-5(2,3)4;;/h6*1H;;(H3,1,2,3,4);;/q;;;;;;+2;;2*-1. The van der Waals surface area contributed by atoms with Crippen LogP contribution in [0.1, 0.15) is 2.85 Å². The number of hydrogen-bond acceptors (Lipinski definition) is 1. The summed E-state index contributed by atoms with van der Waals surface area (Å²) in [7, 11) is -4.64. The van der Waals surface area contributed by atoms with Crippen molar-refractivity contribution >= 4 is 30.9 Å². The van der Waals surface area contributed by atoms with E-state index in [1.165, 1.54) is 0 Å². The SMILES string of the molecule is F.F.F.F.F.F.O=P(O)(O)O.[H-].[H-].[Mg+2]. The van der Waals surface area contributed by atoms with E-state index in [1.807, 2.05) is 0 Å². The first-order valence-corrected chi connectivity index (χ1v) is 2.35. The van der Waals surface area contributed by atoms with Gasteiger partial charge in [-0.2, -0.15) is 0 Å². The van der Waals surface area contributed by atoms with Crippen LogP contribution in [0.2, 0.25) is 0 Å². The van der Waals surface area contributed by atoms with Crippen LogP contribution in [0, 0.1) is 0 Å². The summed E-state index contributed by atoms with van der Waals surface area (Å²) in [5.41, 5.74) is 0. The Morgan fingerprint density at radius 2 is 0.750 bits per heavy atom. The van der Waals surface area contributed by atoms with Gasteiger partial charge in [-0.15, -0.1) is 0 Å². The summed E-state index contributed by atoms with van der Waals surface area (Å²) in [5, 5.41) is 0. The van der Waals surface area contributed by atoms with Crippen LogP contribution in [0.4, 0.5) is 28.2 Å². The van der Waals surface area contributed by atoms with Crippen molar-refractivity contribution in [1.29, 1.82) is 0 Å². The Labute approximate surface area is 81.9 Å². The summed E-state index contributed by atoms with van der Waals surface area (Å²) in [6.45, 7) is 0. The van der Waals surface area contributed by atoms with Gasteiger partial charge in [0.15, 0.2) is 0 Å². The number of rotatable bonds is 0. The van der Waals surface area contributed by atoms with Crippen molar-refractivity contribution < 1.29 is 50.3 Å². The van der Waals surface area contributed by atoms with Gasteiger partial charge in [0.1, 0.15) is 0 Å². The molecule has 0 aromatic carbocycles. The molecule has 0 aliphatic heterocycles. The Kier molecular flexibility index (Phi) is 206. The van der Waals surface area contributed by atoms with Crippen molar-refractivity contribution in [2.24, 2.45) is 0 Å². The smallest absolute Gasteiger partial charge is 1.00 e. The topological polar surface area (TPSA) is 77.8 Å². The molecule has 0 unspecified atom stereocenters. The van der Waals surface area contributed by atoms with Crippen molar-refractivity contribution in [3.05, 3.63) is 0 Å². The van der Waals surface area contributed by atoms with Crippen LogP contribution in [0.15, 0.2) is 0 Å². The molecule has 0 saturated heterocycles. The fourth-order valence-electron chi connectivity index (χ4n) is 0. The predicted octanol–water partition coefficient (Wildman–Crippen LogP) is -0.169. The number of halogens is 6. The summed E-state index contributed by atoms with van der Waals surface area (Å²) in [6.07, 6.45) is 0. The molecular weight excluding hydrogens is 233 g/mol. The summed E-state index contributed by atoms with van der Waals surface area (Å²) < 4.78 is 8.88. The van der Waals surface area contributed by atoms with E-state index in [0.717, 1.165) is 0 Å². The Morgan fingerprint density at radius 3 is 0.750 bits per heavy atom. The monoisotopic (exact) mass is 244 g/mol. The normalized spacial score (nSPS) is 4.92. The minimum Gasteiger partial charge on any atom is -1.00 e. The maximum absolute atomic E-state index is 8.88. The van der Waals surface area contributed by atoms with Crippen LogP contribution in [-0.4, -0.2) is 37.7 Å². The second-order valence-corrected chi connectivity index (χ2v) is 1.54. The molecule has 84 valence electrons. The van der Waals surface area contributed by atoms with E-state index >= 15 is 0 Å². The van der Waals surface area contributed by atoms with Crippen LogP contribution in [0.5, 0.6) is 0 Å². The molecule has 0 aliphatic carbocycles. The molecule has 0 aliphatic rings. The third-order valence-electron chi connectivity index (χ3n) is 0. The van der Waals surface area contributed by atoms with Crippen molar-refractivity contribution in [1.82, 2.24) is 0 Å². The summed E-state index contributed by atoms with van der Waals surface area (Å²) in [6, 6.07) is 0. The molecule has 0 saturated carbocycles. The molecular formula is H11F6MgO4P. The second kappa shape index (κ2) is 30.0. The van der Waals surface area contributed by atoms with Crippen LogP contribution in [-0.2, 0) is 4.57 Å².